The first-order valence-corrected chi connectivity index (χ1v) is 21.5. The molecule has 2 nitrogen and oxygen atoms in total. The van der Waals surface area contributed by atoms with E-state index in [2.05, 4.69) is 186 Å². The SMILES string of the molecule is CC(C)c1cc(C(C)C)c2oc3ccc(-c4ccc(N(c5ccc6c(c5)C(C)(C)c5ccccc5-6)c5ccc6c(c5)C5(CCCC5)c5ccccc5-6)cc4)cc3c2c1. The van der Waals surface area contributed by atoms with Crippen LogP contribution in [0.15, 0.2) is 144 Å². The molecule has 7 aromatic carbocycles. The van der Waals surface area contributed by atoms with Crippen LogP contribution in [0.3, 0.4) is 0 Å². The second-order valence-corrected chi connectivity index (χ2v) is 18.5. The van der Waals surface area contributed by atoms with Crippen molar-refractivity contribution in [3.8, 4) is 33.4 Å². The monoisotopic (exact) mass is 753 g/mol. The van der Waals surface area contributed by atoms with E-state index in [0.29, 0.717) is 11.8 Å². The lowest BCUT2D eigenvalue weighted by atomic mass is 9.76. The van der Waals surface area contributed by atoms with Gasteiger partial charge in [0.25, 0.3) is 0 Å². The lowest BCUT2D eigenvalue weighted by molar-refractivity contribution is 0.550. The van der Waals surface area contributed by atoms with Crippen molar-refractivity contribution in [3.63, 3.8) is 0 Å². The van der Waals surface area contributed by atoms with Crippen LogP contribution in [0.5, 0.6) is 0 Å². The van der Waals surface area contributed by atoms with Crippen molar-refractivity contribution < 1.29 is 4.42 Å². The highest BCUT2D eigenvalue weighted by molar-refractivity contribution is 6.08. The molecule has 1 fully saturated rings. The molecule has 0 radical (unpaired) electrons. The summed E-state index contributed by atoms with van der Waals surface area (Å²) in [6.45, 7) is 13.8. The minimum Gasteiger partial charge on any atom is -0.456 e. The molecule has 0 aliphatic heterocycles. The highest BCUT2D eigenvalue weighted by atomic mass is 16.3. The standard InChI is InChI=1S/C56H51NO/c1-34(2)38-30-46(35(3)4)54-48(31-38)47-29-37(19-26-53(47)58-54)36-17-20-39(21-18-36)57(40-22-24-44-42-13-7-9-15-49(42)55(5,6)51(44)32-40)41-23-25-45-43-14-8-10-16-50(43)56(52(45)33-41)27-11-12-28-56/h7-10,13-26,29-35H,11-12,27-28H2,1-6H3. The van der Waals surface area contributed by atoms with Gasteiger partial charge >= 0.3 is 0 Å². The predicted octanol–water partition coefficient (Wildman–Crippen LogP) is 16.1. The molecule has 0 N–H and O–H groups in total. The zero-order valence-corrected chi connectivity index (χ0v) is 34.6. The quantitative estimate of drug-likeness (QED) is 0.168. The third-order valence-corrected chi connectivity index (χ3v) is 14.2. The van der Waals surface area contributed by atoms with Crippen LogP contribution in [0.25, 0.3) is 55.3 Å². The average molecular weight is 754 g/mol. The minimum absolute atomic E-state index is 0.0906. The predicted molar refractivity (Wildman–Crippen MR) is 244 cm³/mol. The van der Waals surface area contributed by atoms with E-state index >= 15 is 0 Å². The smallest absolute Gasteiger partial charge is 0.138 e. The van der Waals surface area contributed by atoms with Gasteiger partial charge in [0.2, 0.25) is 0 Å². The van der Waals surface area contributed by atoms with Crippen LogP contribution >= 0.6 is 0 Å². The molecule has 1 aromatic heterocycles. The van der Waals surface area contributed by atoms with Crippen molar-refractivity contribution in [2.24, 2.45) is 0 Å². The summed E-state index contributed by atoms with van der Waals surface area (Å²) in [5, 5.41) is 2.40. The Labute approximate surface area is 343 Å². The third kappa shape index (κ3) is 5.10. The van der Waals surface area contributed by atoms with Gasteiger partial charge in [-0.05, 0) is 146 Å². The van der Waals surface area contributed by atoms with Gasteiger partial charge in [-0.3, -0.25) is 0 Å². The molecule has 0 amide bonds. The van der Waals surface area contributed by atoms with Crippen LogP contribution in [0.4, 0.5) is 17.1 Å². The van der Waals surface area contributed by atoms with Gasteiger partial charge in [0.1, 0.15) is 11.2 Å². The summed E-state index contributed by atoms with van der Waals surface area (Å²) in [5.74, 6) is 0.829. The van der Waals surface area contributed by atoms with Crippen molar-refractivity contribution >= 4 is 39.0 Å². The fourth-order valence-electron chi connectivity index (χ4n) is 11.1. The molecule has 1 heterocycles. The molecule has 1 saturated carbocycles. The van der Waals surface area contributed by atoms with Gasteiger partial charge in [-0.2, -0.15) is 0 Å². The van der Waals surface area contributed by atoms with Crippen molar-refractivity contribution in [3.05, 3.63) is 173 Å². The van der Waals surface area contributed by atoms with Crippen LogP contribution in [0, 0.1) is 0 Å². The number of benzene rings is 7. The van der Waals surface area contributed by atoms with Crippen molar-refractivity contribution in [2.75, 3.05) is 4.90 Å². The van der Waals surface area contributed by atoms with Gasteiger partial charge in [0, 0.05) is 38.7 Å². The Morgan fingerprint density at radius 2 is 1.09 bits per heavy atom. The largest absolute Gasteiger partial charge is 0.456 e. The summed E-state index contributed by atoms with van der Waals surface area (Å²) in [4.78, 5) is 2.50. The molecule has 11 rings (SSSR count). The Bertz CT molecular complexity index is 2930. The zero-order valence-electron chi connectivity index (χ0n) is 34.6. The highest BCUT2D eigenvalue weighted by Crippen LogP contribution is 2.58. The molecule has 1 spiro atoms. The molecule has 8 aromatic rings. The number of furan rings is 1. The summed E-state index contributed by atoms with van der Waals surface area (Å²) in [5.41, 5.74) is 21.9. The lowest BCUT2D eigenvalue weighted by Gasteiger charge is -2.31. The zero-order chi connectivity index (χ0) is 39.5. The fourth-order valence-corrected chi connectivity index (χ4v) is 11.1. The molecule has 0 atom stereocenters. The second-order valence-electron chi connectivity index (χ2n) is 18.5. The van der Waals surface area contributed by atoms with Gasteiger partial charge < -0.3 is 9.32 Å². The molecule has 286 valence electrons. The van der Waals surface area contributed by atoms with Crippen molar-refractivity contribution in [1.29, 1.82) is 0 Å². The maximum Gasteiger partial charge on any atom is 0.138 e. The number of rotatable bonds is 6. The van der Waals surface area contributed by atoms with Crippen LogP contribution < -0.4 is 4.90 Å². The number of anilines is 3. The molecular formula is C56H51NO. The molecular weight excluding hydrogens is 703 g/mol. The summed E-state index contributed by atoms with van der Waals surface area (Å²) in [6.07, 6.45) is 4.99. The van der Waals surface area contributed by atoms with E-state index in [4.69, 9.17) is 4.42 Å². The number of hydrogen-bond acceptors (Lipinski definition) is 2. The Morgan fingerprint density at radius 1 is 0.500 bits per heavy atom. The van der Waals surface area contributed by atoms with E-state index in [1.165, 1.54) is 115 Å². The first-order chi connectivity index (χ1) is 28.1. The Balaban J connectivity index is 1.05. The van der Waals surface area contributed by atoms with E-state index < -0.39 is 0 Å². The summed E-state index contributed by atoms with van der Waals surface area (Å²) in [7, 11) is 0. The maximum atomic E-state index is 6.57. The average Bonchev–Trinajstić information content (AvgIpc) is 4.00. The highest BCUT2D eigenvalue weighted by Gasteiger charge is 2.45. The Kier molecular flexibility index (Phi) is 7.81. The number of hydrogen-bond donors (Lipinski definition) is 0. The summed E-state index contributed by atoms with van der Waals surface area (Å²) in [6, 6.07) is 53.3. The molecule has 58 heavy (non-hydrogen) atoms. The van der Waals surface area contributed by atoms with Gasteiger partial charge in [0.15, 0.2) is 0 Å². The van der Waals surface area contributed by atoms with E-state index in [9.17, 15) is 0 Å². The molecule has 0 unspecified atom stereocenters. The normalized spacial score (nSPS) is 15.7. The summed E-state index contributed by atoms with van der Waals surface area (Å²) >= 11 is 0. The number of fused-ring (bicyclic) bond motifs is 11. The molecule has 3 aliphatic rings. The lowest BCUT2D eigenvalue weighted by Crippen LogP contribution is -2.21. The number of nitrogens with zero attached hydrogens (tertiary/aromatic N) is 1. The minimum atomic E-state index is -0.0906. The van der Waals surface area contributed by atoms with Crippen LogP contribution in [-0.2, 0) is 10.8 Å². The summed E-state index contributed by atoms with van der Waals surface area (Å²) < 4.78 is 6.57. The van der Waals surface area contributed by atoms with E-state index in [1.807, 2.05) is 0 Å². The topological polar surface area (TPSA) is 16.4 Å². The Morgan fingerprint density at radius 3 is 1.78 bits per heavy atom. The van der Waals surface area contributed by atoms with Gasteiger partial charge in [-0.1, -0.05) is 139 Å². The van der Waals surface area contributed by atoms with E-state index in [0.717, 1.165) is 16.9 Å². The molecule has 2 heteroatoms. The van der Waals surface area contributed by atoms with Crippen molar-refractivity contribution in [2.45, 2.75) is 89.9 Å². The van der Waals surface area contributed by atoms with Gasteiger partial charge in [0.05, 0.1) is 0 Å². The first kappa shape index (κ1) is 35.3. The fraction of sp³-hybridized carbons (Fsp3) is 0.250. The molecule has 3 aliphatic carbocycles. The molecule has 0 bridgehead atoms. The molecule has 0 saturated heterocycles. The van der Waals surface area contributed by atoms with E-state index in [-0.39, 0.29) is 10.8 Å². The first-order valence-electron chi connectivity index (χ1n) is 21.5. The van der Waals surface area contributed by atoms with Crippen LogP contribution in [-0.4, -0.2) is 0 Å². The van der Waals surface area contributed by atoms with Gasteiger partial charge in [-0.15, -0.1) is 0 Å². The van der Waals surface area contributed by atoms with E-state index in [1.54, 1.807) is 0 Å². The Hall–Kier alpha value is -5.86. The third-order valence-electron chi connectivity index (χ3n) is 14.2. The van der Waals surface area contributed by atoms with Gasteiger partial charge in [-0.25, -0.2) is 0 Å². The maximum absolute atomic E-state index is 6.57. The van der Waals surface area contributed by atoms with Crippen LogP contribution in [0.1, 0.15) is 112 Å². The van der Waals surface area contributed by atoms with Crippen LogP contribution in [0.2, 0.25) is 0 Å². The second kappa shape index (κ2) is 12.8. The van der Waals surface area contributed by atoms with Crippen molar-refractivity contribution in [1.82, 2.24) is 0 Å².